The molecular weight excluding hydrogens is 276 g/mol. The number of aromatic nitrogens is 1. The van der Waals surface area contributed by atoms with Crippen molar-refractivity contribution in [1.29, 1.82) is 0 Å². The van der Waals surface area contributed by atoms with Gasteiger partial charge in [0.2, 0.25) is 11.6 Å². The van der Waals surface area contributed by atoms with Gasteiger partial charge >= 0.3 is 11.7 Å². The van der Waals surface area contributed by atoms with Crippen LogP contribution in [0.5, 0.6) is 5.88 Å². The second-order valence-corrected chi connectivity index (χ2v) is 4.52. The summed E-state index contributed by atoms with van der Waals surface area (Å²) in [5.74, 6) is -0.678. The van der Waals surface area contributed by atoms with Crippen LogP contribution in [0.4, 0.5) is 5.69 Å². The number of pyridine rings is 1. The minimum atomic E-state index is -0.870. The molecule has 1 aromatic heterocycles. The standard InChI is InChI=1S/C14H18N2O5/c1-5-6-7-10(3)21-13-9(2)8-11(16(18)19)12(15-13)14(17)20-4/h5,8,10H,1,6-7H2,2-4H3/t10-/m1/s1. The van der Waals surface area contributed by atoms with E-state index in [0.717, 1.165) is 20.0 Å². The maximum atomic E-state index is 11.6. The van der Waals surface area contributed by atoms with E-state index in [-0.39, 0.29) is 17.7 Å². The predicted molar refractivity (Wildman–Crippen MR) is 76.5 cm³/mol. The zero-order chi connectivity index (χ0) is 16.0. The minimum absolute atomic E-state index is 0.152. The quantitative estimate of drug-likeness (QED) is 0.332. The predicted octanol–water partition coefficient (Wildman–Crippen LogP) is 2.82. The molecule has 0 bridgehead atoms. The molecule has 7 heteroatoms. The Kier molecular flexibility index (Phi) is 5.83. The Balaban J connectivity index is 3.13. The zero-order valence-corrected chi connectivity index (χ0v) is 12.3. The van der Waals surface area contributed by atoms with E-state index >= 15 is 0 Å². The van der Waals surface area contributed by atoms with Crippen molar-refractivity contribution >= 4 is 11.7 Å². The normalized spacial score (nSPS) is 11.6. The van der Waals surface area contributed by atoms with Gasteiger partial charge < -0.3 is 9.47 Å². The van der Waals surface area contributed by atoms with Crippen LogP contribution in [-0.4, -0.2) is 29.1 Å². The Morgan fingerprint density at radius 2 is 2.29 bits per heavy atom. The molecule has 0 amide bonds. The Hall–Kier alpha value is -2.44. The van der Waals surface area contributed by atoms with Crippen LogP contribution in [0.1, 0.15) is 35.8 Å². The number of aryl methyl sites for hydroxylation is 1. The number of carbonyl (C=O) groups is 1. The van der Waals surface area contributed by atoms with Crippen LogP contribution in [0.15, 0.2) is 18.7 Å². The maximum absolute atomic E-state index is 11.6. The Morgan fingerprint density at radius 3 is 2.81 bits per heavy atom. The molecule has 1 heterocycles. The summed E-state index contributed by atoms with van der Waals surface area (Å²) in [6, 6.07) is 1.26. The fourth-order valence-electron chi connectivity index (χ4n) is 1.69. The van der Waals surface area contributed by atoms with Gasteiger partial charge in [0.1, 0.15) is 0 Å². The number of nitro groups is 1. The molecule has 0 aromatic carbocycles. The molecule has 1 rings (SSSR count). The average molecular weight is 294 g/mol. The lowest BCUT2D eigenvalue weighted by atomic mass is 10.2. The minimum Gasteiger partial charge on any atom is -0.474 e. The number of rotatable bonds is 7. The molecule has 114 valence electrons. The van der Waals surface area contributed by atoms with Crippen LogP contribution in [0.3, 0.4) is 0 Å². The molecule has 0 unspecified atom stereocenters. The van der Waals surface area contributed by atoms with Gasteiger partial charge in [0.15, 0.2) is 0 Å². The monoisotopic (exact) mass is 294 g/mol. The molecule has 0 saturated heterocycles. The summed E-state index contributed by atoms with van der Waals surface area (Å²) in [6.07, 6.45) is 3.13. The van der Waals surface area contributed by atoms with Crippen molar-refractivity contribution < 1.29 is 19.2 Å². The van der Waals surface area contributed by atoms with Crippen LogP contribution in [0.2, 0.25) is 0 Å². The molecule has 0 aliphatic rings. The number of methoxy groups -OCH3 is 1. The zero-order valence-electron chi connectivity index (χ0n) is 12.3. The molecule has 0 fully saturated rings. The first-order valence-corrected chi connectivity index (χ1v) is 6.42. The van der Waals surface area contributed by atoms with E-state index in [1.54, 1.807) is 13.0 Å². The van der Waals surface area contributed by atoms with E-state index in [9.17, 15) is 14.9 Å². The van der Waals surface area contributed by atoms with Gasteiger partial charge in [-0.05, 0) is 26.7 Å². The lowest BCUT2D eigenvalue weighted by Gasteiger charge is -2.15. The summed E-state index contributed by atoms with van der Waals surface area (Å²) >= 11 is 0. The van der Waals surface area contributed by atoms with Gasteiger partial charge in [0, 0.05) is 11.6 Å². The van der Waals surface area contributed by atoms with Crippen molar-refractivity contribution in [2.75, 3.05) is 7.11 Å². The molecular formula is C14H18N2O5. The average Bonchev–Trinajstić information content (AvgIpc) is 2.45. The molecule has 0 radical (unpaired) electrons. The van der Waals surface area contributed by atoms with Crippen LogP contribution in [-0.2, 0) is 4.74 Å². The Morgan fingerprint density at radius 1 is 1.62 bits per heavy atom. The first-order valence-electron chi connectivity index (χ1n) is 6.42. The molecule has 1 aromatic rings. The van der Waals surface area contributed by atoms with Gasteiger partial charge in [-0.1, -0.05) is 6.08 Å². The van der Waals surface area contributed by atoms with Gasteiger partial charge in [-0.15, -0.1) is 6.58 Å². The lowest BCUT2D eigenvalue weighted by Crippen LogP contribution is -2.16. The van der Waals surface area contributed by atoms with Crippen molar-refractivity contribution in [2.24, 2.45) is 0 Å². The molecule has 0 aliphatic heterocycles. The first-order chi connectivity index (χ1) is 9.90. The Bertz CT molecular complexity index is 557. The maximum Gasteiger partial charge on any atom is 0.364 e. The van der Waals surface area contributed by atoms with E-state index in [2.05, 4.69) is 16.3 Å². The molecule has 21 heavy (non-hydrogen) atoms. The van der Waals surface area contributed by atoms with Gasteiger partial charge in [-0.25, -0.2) is 4.79 Å². The largest absolute Gasteiger partial charge is 0.474 e. The highest BCUT2D eigenvalue weighted by atomic mass is 16.6. The number of esters is 1. The fraction of sp³-hybridized carbons (Fsp3) is 0.429. The second-order valence-electron chi connectivity index (χ2n) is 4.52. The van der Waals surface area contributed by atoms with Crippen molar-refractivity contribution in [3.05, 3.63) is 40.1 Å². The molecule has 0 saturated carbocycles. The van der Waals surface area contributed by atoms with E-state index in [4.69, 9.17) is 4.74 Å². The SMILES string of the molecule is C=CCC[C@@H](C)Oc1nc(C(=O)OC)c([N+](=O)[O-])cc1C. The van der Waals surface area contributed by atoms with Gasteiger partial charge in [-0.2, -0.15) is 4.98 Å². The third-order valence-corrected chi connectivity index (χ3v) is 2.81. The fourth-order valence-corrected chi connectivity index (χ4v) is 1.69. The van der Waals surface area contributed by atoms with Crippen molar-refractivity contribution in [1.82, 2.24) is 4.98 Å². The molecule has 1 atom stereocenters. The summed E-state index contributed by atoms with van der Waals surface area (Å²) in [4.78, 5) is 25.9. The summed E-state index contributed by atoms with van der Waals surface area (Å²) in [5, 5.41) is 11.0. The summed E-state index contributed by atoms with van der Waals surface area (Å²) in [5.41, 5.74) is -0.274. The third-order valence-electron chi connectivity index (χ3n) is 2.81. The van der Waals surface area contributed by atoms with Crippen LogP contribution in [0.25, 0.3) is 0 Å². The van der Waals surface area contributed by atoms with E-state index in [1.165, 1.54) is 6.07 Å². The van der Waals surface area contributed by atoms with Crippen LogP contribution >= 0.6 is 0 Å². The van der Waals surface area contributed by atoms with E-state index in [0.29, 0.717) is 5.56 Å². The highest BCUT2D eigenvalue weighted by Crippen LogP contribution is 2.26. The number of hydrogen-bond donors (Lipinski definition) is 0. The summed E-state index contributed by atoms with van der Waals surface area (Å²) in [7, 11) is 1.14. The number of ether oxygens (including phenoxy) is 2. The van der Waals surface area contributed by atoms with E-state index < -0.39 is 16.6 Å². The lowest BCUT2D eigenvalue weighted by molar-refractivity contribution is -0.385. The van der Waals surface area contributed by atoms with Crippen molar-refractivity contribution in [2.45, 2.75) is 32.8 Å². The summed E-state index contributed by atoms with van der Waals surface area (Å²) in [6.45, 7) is 7.12. The number of nitrogens with zero attached hydrogens (tertiary/aromatic N) is 2. The Labute approximate surface area is 122 Å². The third kappa shape index (κ3) is 4.27. The number of carbonyl (C=O) groups excluding carboxylic acids is 1. The number of hydrogen-bond acceptors (Lipinski definition) is 6. The van der Waals surface area contributed by atoms with Crippen LogP contribution in [0, 0.1) is 17.0 Å². The topological polar surface area (TPSA) is 91.6 Å². The highest BCUT2D eigenvalue weighted by molar-refractivity contribution is 5.91. The number of allylic oxidation sites excluding steroid dienone is 1. The molecule has 7 nitrogen and oxygen atoms in total. The van der Waals surface area contributed by atoms with Gasteiger partial charge in [-0.3, -0.25) is 10.1 Å². The van der Waals surface area contributed by atoms with Crippen molar-refractivity contribution in [3.63, 3.8) is 0 Å². The van der Waals surface area contributed by atoms with E-state index in [1.807, 2.05) is 6.92 Å². The molecule has 0 aliphatic carbocycles. The highest BCUT2D eigenvalue weighted by Gasteiger charge is 2.26. The first kappa shape index (κ1) is 16.6. The van der Waals surface area contributed by atoms with Crippen LogP contribution < -0.4 is 4.74 Å². The second kappa shape index (κ2) is 7.37. The van der Waals surface area contributed by atoms with Gasteiger partial charge in [0.05, 0.1) is 18.1 Å². The van der Waals surface area contributed by atoms with Crippen molar-refractivity contribution in [3.8, 4) is 5.88 Å². The molecule has 0 spiro atoms. The summed E-state index contributed by atoms with van der Waals surface area (Å²) < 4.78 is 10.1. The molecule has 0 N–H and O–H groups in total. The van der Waals surface area contributed by atoms with Gasteiger partial charge in [0.25, 0.3) is 0 Å². The smallest absolute Gasteiger partial charge is 0.364 e.